The first-order valence-electron chi connectivity index (χ1n) is 4.10. The highest BCUT2D eigenvalue weighted by Crippen LogP contribution is 2.48. The van der Waals surface area contributed by atoms with Crippen molar-refractivity contribution in [2.75, 3.05) is 13.1 Å². The molecule has 2 heterocycles. The third-order valence-electron chi connectivity index (χ3n) is 2.58. The van der Waals surface area contributed by atoms with Gasteiger partial charge in [0.25, 0.3) is 0 Å². The summed E-state index contributed by atoms with van der Waals surface area (Å²) in [4.78, 5) is 15.1. The lowest BCUT2D eigenvalue weighted by Gasteiger charge is -2.40. The Morgan fingerprint density at radius 3 is 2.64 bits per heavy atom. The Labute approximate surface area is 123 Å². The van der Waals surface area contributed by atoms with E-state index < -0.39 is 5.72 Å². The molecule has 2 amide bonds. The van der Waals surface area contributed by atoms with E-state index in [0.717, 1.165) is 0 Å². The SMILES string of the molecule is CC1(O)CN2C(=O)N1CC(I)C2(I)I. The number of carbonyl (C=O) groups is 1. The van der Waals surface area contributed by atoms with Crippen LogP contribution in [0.25, 0.3) is 0 Å². The highest BCUT2D eigenvalue weighted by molar-refractivity contribution is 14.2. The molecule has 1 N–H and O–H groups in total. The third-order valence-corrected chi connectivity index (χ3v) is 8.93. The number of amides is 2. The largest absolute Gasteiger partial charge is 0.369 e. The first kappa shape index (κ1) is 11.9. The molecular formula is C7H9I3N2O2. The Balaban J connectivity index is 2.40. The second-order valence-electron chi connectivity index (χ2n) is 3.75. The summed E-state index contributed by atoms with van der Waals surface area (Å²) in [6, 6.07) is -0.0493. The van der Waals surface area contributed by atoms with Crippen molar-refractivity contribution >= 4 is 73.8 Å². The van der Waals surface area contributed by atoms with Crippen LogP contribution in [0.4, 0.5) is 4.79 Å². The third kappa shape index (κ3) is 1.56. The van der Waals surface area contributed by atoms with E-state index in [1.807, 2.05) is 0 Å². The second kappa shape index (κ2) is 3.45. The number of aliphatic hydroxyl groups is 1. The van der Waals surface area contributed by atoms with Gasteiger partial charge in [0.2, 0.25) is 0 Å². The van der Waals surface area contributed by atoms with Crippen LogP contribution in [-0.4, -0.2) is 45.2 Å². The van der Waals surface area contributed by atoms with Gasteiger partial charge in [0, 0.05) is 6.54 Å². The number of hydrogen-bond donors (Lipinski definition) is 1. The number of carbonyl (C=O) groups excluding carboxylic acids is 1. The summed E-state index contributed by atoms with van der Waals surface area (Å²) < 4.78 is 0.109. The van der Waals surface area contributed by atoms with Gasteiger partial charge in [-0.15, -0.1) is 0 Å². The van der Waals surface area contributed by atoms with E-state index in [1.54, 1.807) is 16.7 Å². The fraction of sp³-hybridized carbons (Fsp3) is 0.857. The summed E-state index contributed by atoms with van der Waals surface area (Å²) in [6.45, 7) is 2.72. The number of hydrogen-bond acceptors (Lipinski definition) is 2. The topological polar surface area (TPSA) is 43.8 Å². The van der Waals surface area contributed by atoms with E-state index in [0.29, 0.717) is 17.0 Å². The lowest BCUT2D eigenvalue weighted by molar-refractivity contribution is -0.0337. The van der Waals surface area contributed by atoms with Gasteiger partial charge in [-0.1, -0.05) is 22.6 Å². The summed E-state index contributed by atoms with van der Waals surface area (Å²) in [7, 11) is 0. The fourth-order valence-electron chi connectivity index (χ4n) is 1.75. The van der Waals surface area contributed by atoms with Crippen molar-refractivity contribution in [1.82, 2.24) is 9.80 Å². The summed E-state index contributed by atoms with van der Waals surface area (Å²) in [5, 5.41) is 10.0. The van der Waals surface area contributed by atoms with Gasteiger partial charge in [-0.3, -0.25) is 9.80 Å². The van der Waals surface area contributed by atoms with Crippen molar-refractivity contribution in [1.29, 1.82) is 0 Å². The van der Waals surface area contributed by atoms with E-state index >= 15 is 0 Å². The molecule has 2 rings (SSSR count). The van der Waals surface area contributed by atoms with Crippen molar-refractivity contribution in [3.8, 4) is 0 Å². The van der Waals surface area contributed by atoms with Crippen LogP contribution in [0.15, 0.2) is 0 Å². The van der Waals surface area contributed by atoms with E-state index in [4.69, 9.17) is 0 Å². The molecule has 2 fully saturated rings. The van der Waals surface area contributed by atoms with Crippen LogP contribution in [0, 0.1) is 0 Å². The van der Waals surface area contributed by atoms with Crippen LogP contribution in [-0.2, 0) is 0 Å². The van der Waals surface area contributed by atoms with Gasteiger partial charge in [-0.25, -0.2) is 4.79 Å². The molecule has 0 saturated carbocycles. The lowest BCUT2D eigenvalue weighted by Crippen LogP contribution is -2.56. The minimum absolute atomic E-state index is 0.0493. The molecule has 14 heavy (non-hydrogen) atoms. The van der Waals surface area contributed by atoms with Gasteiger partial charge in [0.05, 0.1) is 10.5 Å². The van der Waals surface area contributed by atoms with Crippen LogP contribution in [0.5, 0.6) is 0 Å². The highest BCUT2D eigenvalue weighted by atomic mass is 127. The molecule has 2 saturated heterocycles. The number of halogens is 3. The van der Waals surface area contributed by atoms with Crippen LogP contribution in [0.2, 0.25) is 0 Å². The molecule has 2 aliphatic rings. The number of urea groups is 1. The minimum Gasteiger partial charge on any atom is -0.369 e. The zero-order chi connectivity index (χ0) is 10.7. The van der Waals surface area contributed by atoms with Crippen molar-refractivity contribution in [3.63, 3.8) is 0 Å². The maximum absolute atomic E-state index is 11.8. The molecule has 2 bridgehead atoms. The number of alkyl halides is 3. The average Bonchev–Trinajstić information content (AvgIpc) is 2.22. The number of fused-ring (bicyclic) bond motifs is 2. The molecule has 0 aromatic heterocycles. The highest BCUT2D eigenvalue weighted by Gasteiger charge is 2.58. The first-order valence-corrected chi connectivity index (χ1v) is 7.50. The predicted molar refractivity (Wildman–Crippen MR) is 78.0 cm³/mol. The van der Waals surface area contributed by atoms with Crippen molar-refractivity contribution < 1.29 is 9.90 Å². The molecule has 7 heteroatoms. The standard InChI is InChI=1S/C7H9I3N2O2/c1-6(14)3-12-5(13)11(6)2-4(8)7(12,9)10/h4,14H,2-3H2,1H3. The van der Waals surface area contributed by atoms with Crippen LogP contribution in [0.3, 0.4) is 0 Å². The number of rotatable bonds is 0. The van der Waals surface area contributed by atoms with Crippen LogP contribution < -0.4 is 0 Å². The Kier molecular flexibility index (Phi) is 2.93. The van der Waals surface area contributed by atoms with Gasteiger partial charge in [0.1, 0.15) is 0 Å². The summed E-state index contributed by atoms with van der Waals surface area (Å²) in [5.74, 6) is 0. The van der Waals surface area contributed by atoms with E-state index in [2.05, 4.69) is 67.8 Å². The Morgan fingerprint density at radius 2 is 2.07 bits per heavy atom. The molecule has 0 aromatic carbocycles. The van der Waals surface area contributed by atoms with Crippen molar-refractivity contribution in [3.05, 3.63) is 0 Å². The van der Waals surface area contributed by atoms with Gasteiger partial charge in [0.15, 0.2) is 7.28 Å². The summed E-state index contributed by atoms with van der Waals surface area (Å²) >= 11 is 6.90. The number of nitrogens with zero attached hydrogens (tertiary/aromatic N) is 2. The fourth-order valence-corrected chi connectivity index (χ4v) is 3.63. The van der Waals surface area contributed by atoms with Crippen LogP contribution >= 0.6 is 67.8 Å². The zero-order valence-electron chi connectivity index (χ0n) is 7.38. The van der Waals surface area contributed by atoms with E-state index in [9.17, 15) is 9.90 Å². The molecule has 0 radical (unpaired) electrons. The van der Waals surface area contributed by atoms with Crippen molar-refractivity contribution in [2.24, 2.45) is 0 Å². The molecule has 0 aromatic rings. The van der Waals surface area contributed by atoms with Gasteiger partial charge in [-0.05, 0) is 52.1 Å². The Hall–Kier alpha value is 1.42. The molecule has 0 spiro atoms. The van der Waals surface area contributed by atoms with Gasteiger partial charge >= 0.3 is 6.03 Å². The predicted octanol–water partition coefficient (Wildman–Crippen LogP) is 1.77. The molecule has 2 aliphatic heterocycles. The summed E-state index contributed by atoms with van der Waals surface area (Å²) in [6.07, 6.45) is 0. The van der Waals surface area contributed by atoms with Crippen LogP contribution in [0.1, 0.15) is 6.92 Å². The van der Waals surface area contributed by atoms with Gasteiger partial charge < -0.3 is 5.11 Å². The maximum Gasteiger partial charge on any atom is 0.324 e. The second-order valence-corrected chi connectivity index (χ2v) is 10.6. The van der Waals surface area contributed by atoms with E-state index in [1.165, 1.54) is 0 Å². The quantitative estimate of drug-likeness (QED) is 0.293. The first-order chi connectivity index (χ1) is 6.27. The zero-order valence-corrected chi connectivity index (χ0v) is 13.8. The molecular weight excluding hydrogens is 525 g/mol. The summed E-state index contributed by atoms with van der Waals surface area (Å²) in [5.41, 5.74) is -1.00. The molecule has 0 aliphatic carbocycles. The average molecular weight is 534 g/mol. The van der Waals surface area contributed by atoms with Crippen molar-refractivity contribution in [2.45, 2.75) is 18.1 Å². The maximum atomic E-state index is 11.8. The smallest absolute Gasteiger partial charge is 0.324 e. The molecule has 4 nitrogen and oxygen atoms in total. The monoisotopic (exact) mass is 534 g/mol. The lowest BCUT2D eigenvalue weighted by atomic mass is 10.2. The molecule has 2 atom stereocenters. The minimum atomic E-state index is -1.00. The van der Waals surface area contributed by atoms with E-state index in [-0.39, 0.29) is 7.58 Å². The molecule has 2 unspecified atom stereocenters. The Bertz CT molecular complexity index is 295. The normalized spacial score (nSPS) is 40.6. The molecule has 80 valence electrons. The van der Waals surface area contributed by atoms with Gasteiger partial charge in [-0.2, -0.15) is 0 Å². The Morgan fingerprint density at radius 1 is 1.50 bits per heavy atom.